The quantitative estimate of drug-likeness (QED) is 0.371. The number of hydrogen-bond acceptors (Lipinski definition) is 7. The van der Waals surface area contributed by atoms with Crippen molar-refractivity contribution < 1.29 is 28.9 Å². The van der Waals surface area contributed by atoms with E-state index >= 15 is 0 Å². The van der Waals surface area contributed by atoms with Gasteiger partial charge < -0.3 is 19.3 Å². The van der Waals surface area contributed by atoms with E-state index in [2.05, 4.69) is 4.98 Å². The van der Waals surface area contributed by atoms with E-state index in [-0.39, 0.29) is 35.6 Å². The summed E-state index contributed by atoms with van der Waals surface area (Å²) in [6, 6.07) is 8.62. The second kappa shape index (κ2) is 11.4. The molecule has 0 spiro atoms. The Morgan fingerprint density at radius 2 is 1.94 bits per heavy atom. The van der Waals surface area contributed by atoms with Crippen molar-refractivity contribution in [2.45, 2.75) is 58.2 Å². The lowest BCUT2D eigenvalue weighted by atomic mass is 9.96. The highest BCUT2D eigenvalue weighted by atomic mass is 35.5. The molecule has 0 bridgehead atoms. The van der Waals surface area contributed by atoms with Crippen LogP contribution in [-0.4, -0.2) is 41.2 Å². The Labute approximate surface area is 199 Å². The molecule has 0 amide bonds. The predicted molar refractivity (Wildman–Crippen MR) is 124 cm³/mol. The predicted octanol–water partition coefficient (Wildman–Crippen LogP) is 5.23. The van der Waals surface area contributed by atoms with Gasteiger partial charge >= 0.3 is 5.97 Å². The van der Waals surface area contributed by atoms with Gasteiger partial charge in [-0.3, -0.25) is 9.59 Å². The van der Waals surface area contributed by atoms with E-state index in [0.29, 0.717) is 10.8 Å². The highest BCUT2D eigenvalue weighted by molar-refractivity contribution is 6.30. The Hall–Kier alpha value is -2.80. The molecule has 1 saturated carbocycles. The molecule has 1 N–H and O–H groups in total. The molecular formula is C25H30ClNO6. The fourth-order valence-electron chi connectivity index (χ4n) is 4.19. The van der Waals surface area contributed by atoms with Crippen LogP contribution in [0.25, 0.3) is 0 Å². The summed E-state index contributed by atoms with van der Waals surface area (Å²) in [7, 11) is 1.39. The Morgan fingerprint density at radius 3 is 2.61 bits per heavy atom. The minimum absolute atomic E-state index is 0.129. The molecule has 2 aromatic rings. The molecule has 3 atom stereocenters. The van der Waals surface area contributed by atoms with Crippen molar-refractivity contribution in [1.29, 1.82) is 0 Å². The molecular weight excluding hydrogens is 446 g/mol. The number of halogens is 1. The highest BCUT2D eigenvalue weighted by Gasteiger charge is 2.34. The number of aromatic hydroxyl groups is 1. The molecule has 178 valence electrons. The van der Waals surface area contributed by atoms with Crippen molar-refractivity contribution in [3.63, 3.8) is 0 Å². The van der Waals surface area contributed by atoms with Crippen LogP contribution in [0.3, 0.4) is 0 Å². The average molecular weight is 476 g/mol. The molecule has 1 aliphatic rings. The molecule has 1 fully saturated rings. The molecule has 1 aromatic heterocycles. The summed E-state index contributed by atoms with van der Waals surface area (Å²) in [6.07, 6.45) is 4.62. The van der Waals surface area contributed by atoms with Crippen LogP contribution in [0.5, 0.6) is 17.2 Å². The molecule has 0 saturated heterocycles. The van der Waals surface area contributed by atoms with Gasteiger partial charge in [-0.1, -0.05) is 37.4 Å². The van der Waals surface area contributed by atoms with Gasteiger partial charge in [0.2, 0.25) is 0 Å². The maximum absolute atomic E-state index is 12.8. The van der Waals surface area contributed by atoms with Gasteiger partial charge in [-0.05, 0) is 43.9 Å². The van der Waals surface area contributed by atoms with Gasteiger partial charge in [-0.15, -0.1) is 0 Å². The van der Waals surface area contributed by atoms with Crippen molar-refractivity contribution in [1.82, 2.24) is 4.98 Å². The van der Waals surface area contributed by atoms with Crippen molar-refractivity contribution in [3.8, 4) is 17.2 Å². The fraction of sp³-hybridized carbons (Fsp3) is 0.480. The monoisotopic (exact) mass is 475 g/mol. The van der Waals surface area contributed by atoms with E-state index in [9.17, 15) is 14.7 Å². The highest BCUT2D eigenvalue weighted by Crippen LogP contribution is 2.34. The van der Waals surface area contributed by atoms with Crippen LogP contribution in [0.2, 0.25) is 5.02 Å². The number of Topliss-reactive ketones (excluding diaryl/α,β-unsaturated/α-hetero) is 1. The zero-order valence-electron chi connectivity index (χ0n) is 19.1. The first-order valence-electron chi connectivity index (χ1n) is 11.2. The minimum atomic E-state index is -0.720. The second-order valence-electron chi connectivity index (χ2n) is 8.47. The number of pyridine rings is 1. The van der Waals surface area contributed by atoms with Crippen molar-refractivity contribution >= 4 is 23.4 Å². The summed E-state index contributed by atoms with van der Waals surface area (Å²) >= 11 is 6.09. The molecule has 1 aliphatic carbocycles. The molecule has 0 radical (unpaired) electrons. The van der Waals surface area contributed by atoms with Crippen molar-refractivity contribution in [3.05, 3.63) is 47.2 Å². The summed E-state index contributed by atoms with van der Waals surface area (Å²) in [5.74, 6) is -0.985. The molecule has 7 nitrogen and oxygen atoms in total. The van der Waals surface area contributed by atoms with Crippen LogP contribution in [0.1, 0.15) is 56.4 Å². The SMILES string of the molecule is COc1ccnc(C(=O)C[C@@H](C)C(=O)O[C@@H](C)[C@H](Oc2cccc(Cl)c2)C2CCCC2)c1O. The van der Waals surface area contributed by atoms with E-state index < -0.39 is 23.8 Å². The number of methoxy groups -OCH3 is 1. The van der Waals surface area contributed by atoms with Gasteiger partial charge in [0.1, 0.15) is 18.0 Å². The van der Waals surface area contributed by atoms with Crippen LogP contribution in [0, 0.1) is 11.8 Å². The molecule has 3 rings (SSSR count). The first kappa shape index (κ1) is 24.8. The van der Waals surface area contributed by atoms with E-state index in [1.165, 1.54) is 19.4 Å². The van der Waals surface area contributed by atoms with Crippen LogP contribution < -0.4 is 9.47 Å². The number of esters is 1. The maximum atomic E-state index is 12.8. The minimum Gasteiger partial charge on any atom is -0.503 e. The number of aromatic nitrogens is 1. The van der Waals surface area contributed by atoms with Gasteiger partial charge in [0, 0.05) is 23.7 Å². The first-order chi connectivity index (χ1) is 15.8. The number of benzene rings is 1. The maximum Gasteiger partial charge on any atom is 0.309 e. The van der Waals surface area contributed by atoms with Gasteiger partial charge in [0.25, 0.3) is 0 Å². The van der Waals surface area contributed by atoms with Crippen LogP contribution >= 0.6 is 11.6 Å². The number of carbonyl (C=O) groups excluding carboxylic acids is 2. The van der Waals surface area contributed by atoms with Gasteiger partial charge in [-0.25, -0.2) is 4.98 Å². The lowest BCUT2D eigenvalue weighted by Gasteiger charge is -2.30. The standard InChI is InChI=1S/C25H30ClNO6/c1-15(13-20(28)22-23(29)21(31-3)11-12-27-22)25(30)32-16(2)24(17-7-4-5-8-17)33-19-10-6-9-18(26)14-19/h6,9-12,14-17,24,29H,4-5,7-8,13H2,1-3H3/t15-,16+,24+/m1/s1. The Morgan fingerprint density at radius 1 is 1.21 bits per heavy atom. The van der Waals surface area contributed by atoms with E-state index in [1.54, 1.807) is 19.1 Å². The third-order valence-electron chi connectivity index (χ3n) is 5.96. The number of hydrogen-bond donors (Lipinski definition) is 1. The van der Waals surface area contributed by atoms with Crippen LogP contribution in [0.15, 0.2) is 36.5 Å². The fourth-order valence-corrected chi connectivity index (χ4v) is 4.37. The molecule has 1 heterocycles. The Bertz CT molecular complexity index is 975. The number of ether oxygens (including phenoxy) is 3. The number of nitrogens with zero attached hydrogens (tertiary/aromatic N) is 1. The normalized spacial score (nSPS) is 16.6. The average Bonchev–Trinajstić information content (AvgIpc) is 3.32. The Balaban J connectivity index is 1.65. The summed E-state index contributed by atoms with van der Waals surface area (Å²) in [4.78, 5) is 29.4. The van der Waals surface area contributed by atoms with Gasteiger partial charge in [0.15, 0.2) is 23.0 Å². The third kappa shape index (κ3) is 6.38. The Kier molecular flexibility index (Phi) is 8.55. The summed E-state index contributed by atoms with van der Waals surface area (Å²) in [5, 5.41) is 10.7. The van der Waals surface area contributed by atoms with Crippen molar-refractivity contribution in [2.24, 2.45) is 11.8 Å². The summed E-state index contributed by atoms with van der Waals surface area (Å²) in [5.41, 5.74) is -0.129. The van der Waals surface area contributed by atoms with E-state index in [4.69, 9.17) is 25.8 Å². The number of ketones is 1. The first-order valence-corrected chi connectivity index (χ1v) is 11.6. The third-order valence-corrected chi connectivity index (χ3v) is 6.20. The van der Waals surface area contributed by atoms with Crippen LogP contribution in [-0.2, 0) is 9.53 Å². The zero-order valence-corrected chi connectivity index (χ0v) is 19.9. The van der Waals surface area contributed by atoms with Gasteiger partial charge in [-0.2, -0.15) is 0 Å². The van der Waals surface area contributed by atoms with Crippen molar-refractivity contribution in [2.75, 3.05) is 7.11 Å². The number of carbonyl (C=O) groups is 2. The number of rotatable bonds is 10. The molecule has 33 heavy (non-hydrogen) atoms. The molecule has 1 aromatic carbocycles. The zero-order chi connectivity index (χ0) is 24.0. The molecule has 0 unspecified atom stereocenters. The largest absolute Gasteiger partial charge is 0.503 e. The van der Waals surface area contributed by atoms with E-state index in [1.807, 2.05) is 19.1 Å². The lowest BCUT2D eigenvalue weighted by molar-refractivity contribution is -0.158. The van der Waals surface area contributed by atoms with Gasteiger partial charge in [0.05, 0.1) is 13.0 Å². The van der Waals surface area contributed by atoms with E-state index in [0.717, 1.165) is 25.7 Å². The molecule has 8 heteroatoms. The smallest absolute Gasteiger partial charge is 0.309 e. The van der Waals surface area contributed by atoms with Crippen LogP contribution in [0.4, 0.5) is 0 Å². The summed E-state index contributed by atoms with van der Waals surface area (Å²) < 4.78 is 17.0. The second-order valence-corrected chi connectivity index (χ2v) is 8.90. The summed E-state index contributed by atoms with van der Waals surface area (Å²) in [6.45, 7) is 3.43. The lowest BCUT2D eigenvalue weighted by Crippen LogP contribution is -2.40. The molecule has 0 aliphatic heterocycles. The topological polar surface area (TPSA) is 95.0 Å².